The van der Waals surface area contributed by atoms with Gasteiger partial charge in [-0.3, -0.25) is 0 Å². The maximum absolute atomic E-state index is 12.0. The van der Waals surface area contributed by atoms with Crippen molar-refractivity contribution in [1.29, 1.82) is 0 Å². The van der Waals surface area contributed by atoms with Gasteiger partial charge in [-0.15, -0.1) is 0 Å². The van der Waals surface area contributed by atoms with E-state index in [-0.39, 0.29) is 5.97 Å². The molecule has 0 unspecified atom stereocenters. The van der Waals surface area contributed by atoms with Crippen molar-refractivity contribution in [3.8, 4) is 0 Å². The molecule has 1 heterocycles. The predicted molar refractivity (Wildman–Crippen MR) is 69.3 cm³/mol. The maximum atomic E-state index is 12.0. The largest absolute Gasteiger partial charge is 0.405 e. The van der Waals surface area contributed by atoms with Crippen LogP contribution in [0.25, 0.3) is 0 Å². The summed E-state index contributed by atoms with van der Waals surface area (Å²) >= 11 is 0. The molecule has 1 aromatic rings. The molecule has 18 heavy (non-hydrogen) atoms. The second-order valence-corrected chi connectivity index (χ2v) is 5.02. The van der Waals surface area contributed by atoms with E-state index in [1.165, 1.54) is 6.42 Å². The van der Waals surface area contributed by atoms with E-state index in [0.29, 0.717) is 11.6 Å². The smallest absolute Gasteiger partial charge is 0.340 e. The molecular formula is C14H16N2O2. The number of nitrogen functional groups attached to an aromatic ring is 1. The number of aliphatic imine (C=N–C) groups is 1. The molecule has 1 fully saturated rings. The van der Waals surface area contributed by atoms with Crippen LogP contribution in [0.15, 0.2) is 29.3 Å². The van der Waals surface area contributed by atoms with Gasteiger partial charge in [-0.1, -0.05) is 19.3 Å². The predicted octanol–water partition coefficient (Wildman–Crippen LogP) is 2.28. The minimum Gasteiger partial charge on any atom is -0.405 e. The number of ether oxygens (including phenoxy) is 1. The highest BCUT2D eigenvalue weighted by Crippen LogP contribution is 2.37. The van der Waals surface area contributed by atoms with Gasteiger partial charge in [0, 0.05) is 11.3 Å². The van der Waals surface area contributed by atoms with Crippen molar-refractivity contribution in [2.75, 3.05) is 5.73 Å². The van der Waals surface area contributed by atoms with Crippen LogP contribution in [0.2, 0.25) is 0 Å². The van der Waals surface area contributed by atoms with Crippen LogP contribution in [-0.2, 0) is 9.53 Å². The van der Waals surface area contributed by atoms with Crippen molar-refractivity contribution in [2.45, 2.75) is 37.6 Å². The first-order chi connectivity index (χ1) is 8.70. The van der Waals surface area contributed by atoms with Crippen LogP contribution in [0.3, 0.4) is 0 Å². The number of hydrogen-bond acceptors (Lipinski definition) is 4. The topological polar surface area (TPSA) is 64.7 Å². The van der Waals surface area contributed by atoms with Gasteiger partial charge in [-0.2, -0.15) is 0 Å². The first kappa shape index (κ1) is 11.3. The number of cyclic esters (lactones) is 1. The average Bonchev–Trinajstić information content (AvgIpc) is 2.69. The maximum Gasteiger partial charge on any atom is 0.340 e. The monoisotopic (exact) mass is 244 g/mol. The van der Waals surface area contributed by atoms with E-state index in [1.54, 1.807) is 12.1 Å². The van der Waals surface area contributed by atoms with Gasteiger partial charge in [-0.25, -0.2) is 9.79 Å². The molecule has 0 aromatic heterocycles. The Balaban J connectivity index is 1.92. The number of hydrogen-bond donors (Lipinski definition) is 1. The van der Waals surface area contributed by atoms with E-state index in [2.05, 4.69) is 4.99 Å². The third kappa shape index (κ3) is 1.78. The fourth-order valence-electron chi connectivity index (χ4n) is 2.65. The molecule has 1 aliphatic carbocycles. The first-order valence-corrected chi connectivity index (χ1v) is 6.38. The van der Waals surface area contributed by atoms with Crippen molar-refractivity contribution >= 4 is 17.6 Å². The number of carbonyl (C=O) groups is 1. The van der Waals surface area contributed by atoms with Gasteiger partial charge < -0.3 is 10.5 Å². The van der Waals surface area contributed by atoms with Crippen molar-refractivity contribution < 1.29 is 9.53 Å². The van der Waals surface area contributed by atoms with E-state index in [4.69, 9.17) is 10.5 Å². The lowest BCUT2D eigenvalue weighted by atomic mass is 9.83. The van der Waals surface area contributed by atoms with E-state index >= 15 is 0 Å². The SMILES string of the molecule is Nc1ccc(C2=NC3(CCCCC3)C(=O)O2)cc1. The van der Waals surface area contributed by atoms with Crippen LogP contribution in [0.5, 0.6) is 0 Å². The molecule has 0 atom stereocenters. The van der Waals surface area contributed by atoms with Crippen molar-refractivity contribution in [2.24, 2.45) is 4.99 Å². The summed E-state index contributed by atoms with van der Waals surface area (Å²) in [6, 6.07) is 7.25. The van der Waals surface area contributed by atoms with E-state index in [9.17, 15) is 4.79 Å². The fourth-order valence-corrected chi connectivity index (χ4v) is 2.65. The zero-order valence-corrected chi connectivity index (χ0v) is 10.2. The summed E-state index contributed by atoms with van der Waals surface area (Å²) in [7, 11) is 0. The Morgan fingerprint density at radius 3 is 2.44 bits per heavy atom. The van der Waals surface area contributed by atoms with Crippen LogP contribution in [0, 0.1) is 0 Å². The zero-order chi connectivity index (χ0) is 12.6. The fraction of sp³-hybridized carbons (Fsp3) is 0.429. The lowest BCUT2D eigenvalue weighted by Crippen LogP contribution is -2.35. The summed E-state index contributed by atoms with van der Waals surface area (Å²) in [6.45, 7) is 0. The number of esters is 1. The van der Waals surface area contributed by atoms with E-state index < -0.39 is 5.54 Å². The summed E-state index contributed by atoms with van der Waals surface area (Å²) in [6.07, 6.45) is 4.90. The number of nitrogens with two attached hydrogens (primary N) is 1. The Morgan fingerprint density at radius 2 is 1.78 bits per heavy atom. The number of carbonyl (C=O) groups excluding carboxylic acids is 1. The van der Waals surface area contributed by atoms with Gasteiger partial charge in [0.1, 0.15) is 0 Å². The Morgan fingerprint density at radius 1 is 1.11 bits per heavy atom. The molecule has 1 spiro atoms. The highest BCUT2D eigenvalue weighted by molar-refractivity contribution is 6.08. The molecule has 1 aliphatic heterocycles. The third-order valence-electron chi connectivity index (χ3n) is 3.72. The van der Waals surface area contributed by atoms with Crippen molar-refractivity contribution in [3.05, 3.63) is 29.8 Å². The molecule has 1 aromatic carbocycles. The zero-order valence-electron chi connectivity index (χ0n) is 10.2. The average molecular weight is 244 g/mol. The summed E-state index contributed by atoms with van der Waals surface area (Å²) in [5.74, 6) is 0.260. The van der Waals surface area contributed by atoms with Crippen LogP contribution in [0.1, 0.15) is 37.7 Å². The third-order valence-corrected chi connectivity index (χ3v) is 3.72. The van der Waals surface area contributed by atoms with E-state index in [1.807, 2.05) is 12.1 Å². The van der Waals surface area contributed by atoms with E-state index in [0.717, 1.165) is 31.2 Å². The molecule has 0 radical (unpaired) electrons. The quantitative estimate of drug-likeness (QED) is 0.608. The molecule has 2 aliphatic rings. The van der Waals surface area contributed by atoms with Gasteiger partial charge in [0.05, 0.1) is 0 Å². The standard InChI is InChI=1S/C14H16N2O2/c15-11-6-4-10(5-7-11)12-16-14(13(17)18-12)8-2-1-3-9-14/h4-7H,1-3,8-9,15H2. The highest BCUT2D eigenvalue weighted by atomic mass is 16.6. The van der Waals surface area contributed by atoms with Crippen molar-refractivity contribution in [3.63, 3.8) is 0 Å². The highest BCUT2D eigenvalue weighted by Gasteiger charge is 2.46. The summed E-state index contributed by atoms with van der Waals surface area (Å²) in [5.41, 5.74) is 6.55. The molecule has 2 N–H and O–H groups in total. The Bertz CT molecular complexity index is 499. The second kappa shape index (κ2) is 4.12. The number of rotatable bonds is 1. The first-order valence-electron chi connectivity index (χ1n) is 6.38. The normalized spacial score (nSPS) is 21.8. The summed E-state index contributed by atoms with van der Waals surface area (Å²) < 4.78 is 5.35. The molecule has 1 saturated carbocycles. The number of benzene rings is 1. The minimum absolute atomic E-state index is 0.186. The molecule has 0 amide bonds. The van der Waals surface area contributed by atoms with Crippen molar-refractivity contribution in [1.82, 2.24) is 0 Å². The van der Waals surface area contributed by atoms with Crippen LogP contribution in [-0.4, -0.2) is 17.4 Å². The number of nitrogens with zero attached hydrogens (tertiary/aromatic N) is 1. The Kier molecular flexibility index (Phi) is 2.58. The van der Waals surface area contributed by atoms with Crippen LogP contribution < -0.4 is 5.73 Å². The van der Waals surface area contributed by atoms with Gasteiger partial charge in [0.2, 0.25) is 5.90 Å². The second-order valence-electron chi connectivity index (χ2n) is 5.02. The lowest BCUT2D eigenvalue weighted by molar-refractivity contribution is -0.140. The molecule has 0 bridgehead atoms. The van der Waals surface area contributed by atoms with Gasteiger partial charge in [0.15, 0.2) is 5.54 Å². The Hall–Kier alpha value is -1.84. The lowest BCUT2D eigenvalue weighted by Gasteiger charge is -2.25. The van der Waals surface area contributed by atoms with Crippen LogP contribution in [0.4, 0.5) is 5.69 Å². The Labute approximate surface area is 106 Å². The van der Waals surface area contributed by atoms with Crippen LogP contribution >= 0.6 is 0 Å². The molecule has 3 rings (SSSR count). The van der Waals surface area contributed by atoms with Gasteiger partial charge in [-0.05, 0) is 37.1 Å². The van der Waals surface area contributed by atoms with Gasteiger partial charge >= 0.3 is 5.97 Å². The van der Waals surface area contributed by atoms with Gasteiger partial charge in [0.25, 0.3) is 0 Å². The molecule has 94 valence electrons. The molecule has 4 nitrogen and oxygen atoms in total. The molecular weight excluding hydrogens is 228 g/mol. The summed E-state index contributed by atoms with van der Waals surface area (Å²) in [4.78, 5) is 16.6. The minimum atomic E-state index is -0.602. The summed E-state index contributed by atoms with van der Waals surface area (Å²) in [5, 5.41) is 0. The number of anilines is 1. The molecule has 4 heteroatoms. The molecule has 0 saturated heterocycles.